The van der Waals surface area contributed by atoms with Crippen molar-refractivity contribution in [2.75, 3.05) is 6.26 Å². The van der Waals surface area contributed by atoms with Gasteiger partial charge in [0, 0.05) is 57.4 Å². The zero-order chi connectivity index (χ0) is 25.8. The number of hydrogen-bond donors (Lipinski definition) is 0. The van der Waals surface area contributed by atoms with Gasteiger partial charge >= 0.3 is 11.4 Å². The van der Waals surface area contributed by atoms with Gasteiger partial charge in [-0.1, -0.05) is 0 Å². The minimum atomic E-state index is -0.0988. The van der Waals surface area contributed by atoms with Gasteiger partial charge < -0.3 is 0 Å². The monoisotopic (exact) mass is 649 g/mol. The molecular weight excluding hydrogens is 635 g/mol. The zero-order valence-electron chi connectivity index (χ0n) is 19.2. The molecule has 6 aromatic rings. The van der Waals surface area contributed by atoms with Crippen molar-refractivity contribution in [2.45, 2.75) is 20.1 Å². The molecule has 6 aromatic heterocycles. The highest BCUT2D eigenvalue weighted by molar-refractivity contribution is 8.27. The number of rotatable bonds is 7. The third-order valence-corrected chi connectivity index (χ3v) is 12.8. The van der Waals surface area contributed by atoms with E-state index in [2.05, 4.69) is 3.12 Å². The third-order valence-electron chi connectivity index (χ3n) is 5.68. The molecule has 192 valence electrons. The molecule has 7 rings (SSSR count). The maximum absolute atomic E-state index is 13.8. The number of hydrogen-bond acceptors (Lipinski definition) is 11. The fourth-order valence-electron chi connectivity index (χ4n) is 4.06. The zero-order valence-corrected chi connectivity index (χ0v) is 25.8. The second-order valence-electron chi connectivity index (χ2n) is 7.76. The summed E-state index contributed by atoms with van der Waals surface area (Å²) in [5, 5.41) is 19.3. The van der Waals surface area contributed by atoms with Crippen LogP contribution >= 0.6 is 93.0 Å². The van der Waals surface area contributed by atoms with E-state index in [1.165, 1.54) is 35.8 Å². The van der Waals surface area contributed by atoms with E-state index in [1.807, 2.05) is 73.6 Å². The smallest absolute Gasteiger partial charge is 0.253 e. The Morgan fingerprint density at radius 3 is 1.37 bits per heavy atom. The van der Waals surface area contributed by atoms with Crippen LogP contribution in [-0.2, 0) is 0 Å². The molecule has 38 heavy (non-hydrogen) atoms. The van der Waals surface area contributed by atoms with Crippen molar-refractivity contribution in [1.29, 1.82) is 0 Å². The fraction of sp³-hybridized carbons (Fsp3) is 0.0435. The first-order chi connectivity index (χ1) is 18.7. The average molecular weight is 650 g/mol. The van der Waals surface area contributed by atoms with Gasteiger partial charge in [-0.05, 0) is 52.0 Å². The van der Waals surface area contributed by atoms with Crippen LogP contribution in [0, 0.1) is 0 Å². The summed E-state index contributed by atoms with van der Waals surface area (Å²) in [5.41, 5.74) is 3.23. The Morgan fingerprint density at radius 1 is 0.579 bits per heavy atom. The van der Waals surface area contributed by atoms with E-state index in [4.69, 9.17) is 0 Å². The average Bonchev–Trinajstić information content (AvgIpc) is 3.75. The number of fused-ring (bicyclic) bond motifs is 1. The molecule has 0 unspecified atom stereocenters. The van der Waals surface area contributed by atoms with Crippen LogP contribution in [0.3, 0.4) is 0 Å². The van der Waals surface area contributed by atoms with E-state index in [9.17, 15) is 9.59 Å². The topological polar surface area (TPSA) is 57.1 Å². The molecule has 1 aliphatic rings. The lowest BCUT2D eigenvalue weighted by atomic mass is 10.5. The summed E-state index contributed by atoms with van der Waals surface area (Å²) in [6.45, 7) is 0. The predicted molar refractivity (Wildman–Crippen MR) is 165 cm³/mol. The second-order valence-corrected chi connectivity index (χ2v) is 15.2. The molecule has 0 fully saturated rings. The molecule has 0 amide bonds. The van der Waals surface area contributed by atoms with E-state index >= 15 is 0 Å². The SMILES string of the molecule is CSc1c(SN2Sc3c(n(-c4ccsc4)c(=O)n3-c3ccsc3)S2)n(-c2ccsc2)c(=O)n1-c1ccsc1. The molecule has 0 spiro atoms. The van der Waals surface area contributed by atoms with Gasteiger partial charge in [-0.15, -0.1) is 14.9 Å². The van der Waals surface area contributed by atoms with E-state index in [1.54, 1.807) is 75.4 Å². The lowest BCUT2D eigenvalue weighted by Gasteiger charge is -2.14. The standard InChI is InChI=1S/C23H15N5O2S8/c1-31-18-19(25(15-3-7-33-11-15)22(29)24(18)14-2-6-32-10-14)36-28-37-20-21(38-28)27(17-5-9-35-13-17)23(30)26(20)16-4-8-34-12-16/h2-13H,1H3. The first-order valence-electron chi connectivity index (χ1n) is 10.9. The molecule has 0 radical (unpaired) electrons. The molecule has 1 aliphatic heterocycles. The summed E-state index contributed by atoms with van der Waals surface area (Å²) in [6.07, 6.45) is 2.00. The van der Waals surface area contributed by atoms with Gasteiger partial charge in [0.15, 0.2) is 0 Å². The van der Waals surface area contributed by atoms with Crippen molar-refractivity contribution in [2.24, 2.45) is 0 Å². The normalized spacial score (nSPS) is 13.5. The lowest BCUT2D eigenvalue weighted by molar-refractivity contribution is 0.865. The molecule has 0 aliphatic carbocycles. The summed E-state index contributed by atoms with van der Waals surface area (Å²) in [5.74, 6) is 0. The van der Waals surface area contributed by atoms with Gasteiger partial charge in [-0.25, -0.2) is 9.59 Å². The van der Waals surface area contributed by atoms with Gasteiger partial charge in [-0.3, -0.25) is 18.3 Å². The summed E-state index contributed by atoms with van der Waals surface area (Å²) in [4.78, 5) is 27.4. The Hall–Kier alpha value is -1.82. The van der Waals surface area contributed by atoms with E-state index in [0.717, 1.165) is 42.9 Å². The Balaban J connectivity index is 1.35. The summed E-state index contributed by atoms with van der Waals surface area (Å²) >= 11 is 12.3. The number of aromatic nitrogens is 4. The summed E-state index contributed by atoms with van der Waals surface area (Å²) in [6, 6.07) is 7.87. The van der Waals surface area contributed by atoms with Crippen molar-refractivity contribution < 1.29 is 0 Å². The lowest BCUT2D eigenvalue weighted by Crippen LogP contribution is -2.23. The molecule has 7 heterocycles. The van der Waals surface area contributed by atoms with Crippen molar-refractivity contribution in [3.05, 3.63) is 88.3 Å². The van der Waals surface area contributed by atoms with Gasteiger partial charge in [0.1, 0.15) is 20.1 Å². The summed E-state index contributed by atoms with van der Waals surface area (Å²) < 4.78 is 9.20. The van der Waals surface area contributed by atoms with Crippen LogP contribution in [0.15, 0.2) is 97.0 Å². The Bertz CT molecular complexity index is 1760. The molecule has 0 saturated carbocycles. The third kappa shape index (κ3) is 4.07. The Morgan fingerprint density at radius 2 is 0.974 bits per heavy atom. The minimum Gasteiger partial charge on any atom is -0.253 e. The first-order valence-corrected chi connectivity index (χ1v) is 18.2. The van der Waals surface area contributed by atoms with Crippen LogP contribution in [0.1, 0.15) is 0 Å². The van der Waals surface area contributed by atoms with Crippen molar-refractivity contribution in [3.63, 3.8) is 0 Å². The Kier molecular flexibility index (Phi) is 6.82. The van der Waals surface area contributed by atoms with Crippen molar-refractivity contribution >= 4 is 93.0 Å². The van der Waals surface area contributed by atoms with Gasteiger partial charge in [0.05, 0.1) is 22.7 Å². The van der Waals surface area contributed by atoms with Crippen LogP contribution in [0.2, 0.25) is 0 Å². The molecular formula is C23H15N5O2S8. The van der Waals surface area contributed by atoms with Gasteiger partial charge in [-0.2, -0.15) is 45.3 Å². The molecule has 0 N–H and O–H groups in total. The summed E-state index contributed by atoms with van der Waals surface area (Å²) in [7, 11) is 0. The number of imidazole rings is 2. The molecule has 15 heteroatoms. The number of thiophene rings is 4. The second kappa shape index (κ2) is 10.3. The van der Waals surface area contributed by atoms with E-state index in [0.29, 0.717) is 0 Å². The maximum Gasteiger partial charge on any atom is 0.339 e. The van der Waals surface area contributed by atoms with Crippen LogP contribution in [0.4, 0.5) is 0 Å². The molecule has 7 nitrogen and oxygen atoms in total. The van der Waals surface area contributed by atoms with Crippen LogP contribution in [0.5, 0.6) is 0 Å². The molecule has 0 atom stereocenters. The molecule has 0 bridgehead atoms. The van der Waals surface area contributed by atoms with Crippen LogP contribution in [-0.4, -0.2) is 27.6 Å². The highest BCUT2D eigenvalue weighted by Gasteiger charge is 2.36. The molecule has 0 aromatic carbocycles. The van der Waals surface area contributed by atoms with Gasteiger partial charge in [0.25, 0.3) is 0 Å². The van der Waals surface area contributed by atoms with Crippen molar-refractivity contribution in [3.8, 4) is 22.7 Å². The first kappa shape index (κ1) is 25.2. The van der Waals surface area contributed by atoms with Gasteiger partial charge in [0.2, 0.25) is 0 Å². The highest BCUT2D eigenvalue weighted by Crippen LogP contribution is 2.54. The van der Waals surface area contributed by atoms with E-state index < -0.39 is 0 Å². The Labute approximate surface area is 249 Å². The maximum atomic E-state index is 13.8. The van der Waals surface area contributed by atoms with E-state index in [-0.39, 0.29) is 11.4 Å². The number of thioether (sulfide) groups is 1. The predicted octanol–water partition coefficient (Wildman–Crippen LogP) is 7.57. The van der Waals surface area contributed by atoms with Crippen LogP contribution in [0.25, 0.3) is 22.7 Å². The fourth-order valence-corrected chi connectivity index (χ4v) is 11.2. The van der Waals surface area contributed by atoms with Crippen LogP contribution < -0.4 is 11.4 Å². The quantitative estimate of drug-likeness (QED) is 0.131. The highest BCUT2D eigenvalue weighted by atomic mass is 32.3. The minimum absolute atomic E-state index is 0.0833. The largest absolute Gasteiger partial charge is 0.339 e. The van der Waals surface area contributed by atoms with Crippen molar-refractivity contribution in [1.82, 2.24) is 21.4 Å². The molecule has 0 saturated heterocycles. The number of nitrogens with zero attached hydrogens (tertiary/aromatic N) is 5.